The van der Waals surface area contributed by atoms with Gasteiger partial charge in [0.1, 0.15) is 5.82 Å². The molecule has 1 aromatic carbocycles. The number of aryl methyl sites for hydroxylation is 1. The summed E-state index contributed by atoms with van der Waals surface area (Å²) in [4.78, 5) is 30.2. The third-order valence-electron chi connectivity index (χ3n) is 5.18. The van der Waals surface area contributed by atoms with Gasteiger partial charge < -0.3 is 10.6 Å². The first-order valence-electron chi connectivity index (χ1n) is 9.47. The van der Waals surface area contributed by atoms with Crippen LogP contribution >= 0.6 is 0 Å². The number of benzene rings is 1. The average molecular weight is 392 g/mol. The first-order chi connectivity index (χ1) is 14.1. The minimum Gasteiger partial charge on any atom is -0.350 e. The molecule has 0 spiro atoms. The van der Waals surface area contributed by atoms with Gasteiger partial charge in [-0.2, -0.15) is 0 Å². The molecular weight excluding hydrogens is 371 g/mol. The second-order valence-electron chi connectivity index (χ2n) is 7.24. The zero-order valence-electron chi connectivity index (χ0n) is 16.0. The molecule has 3 aromatic rings. The predicted octanol–water partition coefficient (Wildman–Crippen LogP) is 3.06. The van der Waals surface area contributed by atoms with E-state index in [9.17, 15) is 9.18 Å². The molecule has 0 radical (unpaired) electrons. The van der Waals surface area contributed by atoms with E-state index in [-0.39, 0.29) is 17.5 Å². The van der Waals surface area contributed by atoms with Crippen molar-refractivity contribution in [1.82, 2.24) is 25.3 Å². The minimum atomic E-state index is -0.801. The van der Waals surface area contributed by atoms with Gasteiger partial charge in [0.15, 0.2) is 0 Å². The van der Waals surface area contributed by atoms with E-state index in [1.165, 1.54) is 6.07 Å². The van der Waals surface area contributed by atoms with Crippen LogP contribution in [0.5, 0.6) is 0 Å². The van der Waals surface area contributed by atoms with Crippen LogP contribution in [-0.2, 0) is 23.2 Å². The summed E-state index contributed by atoms with van der Waals surface area (Å²) in [6.45, 7) is 2.18. The Balaban J connectivity index is 1.58. The molecule has 8 heteroatoms. The fourth-order valence-electron chi connectivity index (χ4n) is 3.57. The smallest absolute Gasteiger partial charge is 0.232 e. The molecule has 0 bridgehead atoms. The highest BCUT2D eigenvalue weighted by molar-refractivity contribution is 5.88. The van der Waals surface area contributed by atoms with Crippen LogP contribution in [0.1, 0.15) is 36.7 Å². The van der Waals surface area contributed by atoms with E-state index < -0.39 is 11.2 Å². The molecule has 2 N–H and O–H groups in total. The summed E-state index contributed by atoms with van der Waals surface area (Å²) in [7, 11) is 0. The fraction of sp³-hybridized carbons (Fsp3) is 0.286. The summed E-state index contributed by atoms with van der Waals surface area (Å²) in [6, 6.07) is 6.33. The monoisotopic (exact) mass is 392 g/mol. The zero-order chi connectivity index (χ0) is 20.3. The maximum atomic E-state index is 14.0. The van der Waals surface area contributed by atoms with Crippen molar-refractivity contribution in [2.45, 2.75) is 38.1 Å². The number of carbonyl (C=O) groups is 1. The Kier molecular flexibility index (Phi) is 5.16. The van der Waals surface area contributed by atoms with Gasteiger partial charge >= 0.3 is 0 Å². The maximum absolute atomic E-state index is 14.0. The van der Waals surface area contributed by atoms with Crippen LogP contribution in [0.2, 0.25) is 0 Å². The minimum absolute atomic E-state index is 0.125. The Morgan fingerprint density at radius 3 is 2.86 bits per heavy atom. The number of carbonyl (C=O) groups excluding carboxylic acids is 1. The van der Waals surface area contributed by atoms with Crippen LogP contribution in [0.4, 0.5) is 16.0 Å². The molecule has 0 saturated heterocycles. The SMILES string of the molecule is CC1(C(=O)NCc2cnccn2)CCCc2cnc(Nc3ccccc3F)nc21. The molecule has 1 atom stereocenters. The lowest BCUT2D eigenvalue weighted by atomic mass is 9.74. The van der Waals surface area contributed by atoms with Gasteiger partial charge in [-0.25, -0.2) is 14.4 Å². The van der Waals surface area contributed by atoms with Gasteiger partial charge in [0.25, 0.3) is 0 Å². The van der Waals surface area contributed by atoms with Crippen LogP contribution in [0.25, 0.3) is 0 Å². The van der Waals surface area contributed by atoms with Crippen molar-refractivity contribution in [1.29, 1.82) is 0 Å². The summed E-state index contributed by atoms with van der Waals surface area (Å²) < 4.78 is 14.0. The summed E-state index contributed by atoms with van der Waals surface area (Å²) in [5, 5.41) is 5.86. The molecule has 0 aliphatic heterocycles. The van der Waals surface area contributed by atoms with Gasteiger partial charge in [-0.3, -0.25) is 14.8 Å². The van der Waals surface area contributed by atoms with E-state index in [1.807, 2.05) is 6.92 Å². The predicted molar refractivity (Wildman–Crippen MR) is 106 cm³/mol. The number of fused-ring (bicyclic) bond motifs is 1. The molecule has 1 amide bonds. The van der Waals surface area contributed by atoms with Crippen molar-refractivity contribution in [3.05, 3.63) is 71.8 Å². The van der Waals surface area contributed by atoms with Crippen LogP contribution in [-0.4, -0.2) is 25.8 Å². The van der Waals surface area contributed by atoms with Crippen LogP contribution < -0.4 is 10.6 Å². The number of hydrogen-bond donors (Lipinski definition) is 2. The van der Waals surface area contributed by atoms with Crippen molar-refractivity contribution in [2.24, 2.45) is 0 Å². The zero-order valence-corrected chi connectivity index (χ0v) is 16.0. The van der Waals surface area contributed by atoms with Gasteiger partial charge in [-0.15, -0.1) is 0 Å². The Labute approximate surface area is 167 Å². The topological polar surface area (TPSA) is 92.7 Å². The number of aromatic nitrogens is 4. The quantitative estimate of drug-likeness (QED) is 0.693. The number of rotatable bonds is 5. The van der Waals surface area contributed by atoms with E-state index in [0.717, 1.165) is 18.4 Å². The number of para-hydroxylation sites is 1. The van der Waals surface area contributed by atoms with E-state index in [2.05, 4.69) is 30.6 Å². The lowest BCUT2D eigenvalue weighted by Gasteiger charge is -2.33. The van der Waals surface area contributed by atoms with Crippen LogP contribution in [0.3, 0.4) is 0 Å². The Morgan fingerprint density at radius 1 is 1.21 bits per heavy atom. The summed E-state index contributed by atoms with van der Waals surface area (Å²) in [6.07, 6.45) is 8.86. The van der Waals surface area contributed by atoms with Crippen molar-refractivity contribution >= 4 is 17.5 Å². The van der Waals surface area contributed by atoms with Gasteiger partial charge in [0.2, 0.25) is 11.9 Å². The molecule has 29 heavy (non-hydrogen) atoms. The number of anilines is 2. The van der Waals surface area contributed by atoms with Crippen molar-refractivity contribution in [3.63, 3.8) is 0 Å². The highest BCUT2D eigenvalue weighted by atomic mass is 19.1. The van der Waals surface area contributed by atoms with E-state index >= 15 is 0 Å². The fourth-order valence-corrected chi connectivity index (χ4v) is 3.57. The molecule has 7 nitrogen and oxygen atoms in total. The number of halogens is 1. The molecule has 0 fully saturated rings. The van der Waals surface area contributed by atoms with Crippen LogP contribution in [0, 0.1) is 5.82 Å². The Hall–Kier alpha value is -3.42. The molecule has 4 rings (SSSR count). The molecule has 148 valence electrons. The average Bonchev–Trinajstić information content (AvgIpc) is 2.75. The highest BCUT2D eigenvalue weighted by Gasteiger charge is 2.40. The van der Waals surface area contributed by atoms with Crippen molar-refractivity contribution in [2.75, 3.05) is 5.32 Å². The maximum Gasteiger partial charge on any atom is 0.232 e. The molecule has 1 unspecified atom stereocenters. The summed E-state index contributed by atoms with van der Waals surface area (Å²) >= 11 is 0. The van der Waals surface area contributed by atoms with Gasteiger partial charge in [0.05, 0.1) is 35.2 Å². The summed E-state index contributed by atoms with van der Waals surface area (Å²) in [5.41, 5.74) is 1.79. The second kappa shape index (κ2) is 7.90. The molecule has 1 aliphatic carbocycles. The Morgan fingerprint density at radius 2 is 2.07 bits per heavy atom. The number of nitrogens with one attached hydrogen (secondary N) is 2. The molecule has 2 aromatic heterocycles. The lowest BCUT2D eigenvalue weighted by Crippen LogP contribution is -2.45. The van der Waals surface area contributed by atoms with Gasteiger partial charge in [0, 0.05) is 18.6 Å². The third kappa shape index (κ3) is 3.91. The van der Waals surface area contributed by atoms with Crippen molar-refractivity contribution in [3.8, 4) is 0 Å². The largest absolute Gasteiger partial charge is 0.350 e. The highest BCUT2D eigenvalue weighted by Crippen LogP contribution is 2.36. The molecule has 2 heterocycles. The Bertz CT molecular complexity index is 1030. The third-order valence-corrected chi connectivity index (χ3v) is 5.18. The second-order valence-corrected chi connectivity index (χ2v) is 7.24. The van der Waals surface area contributed by atoms with E-state index in [1.54, 1.807) is 43.0 Å². The van der Waals surface area contributed by atoms with Crippen LogP contribution in [0.15, 0.2) is 49.1 Å². The molecular formula is C21H21FN6O. The normalized spacial score (nSPS) is 18.0. The van der Waals surface area contributed by atoms with Crippen molar-refractivity contribution < 1.29 is 9.18 Å². The standard InChI is InChI=1S/C21H21FN6O/c1-21(19(29)25-13-15-12-23-9-10-24-15)8-4-5-14-11-26-20(28-18(14)21)27-17-7-3-2-6-16(17)22/h2-3,6-7,9-12H,4-5,8,13H2,1H3,(H,25,29)(H,26,27,28). The number of amides is 1. The molecule has 1 aliphatic rings. The van der Waals surface area contributed by atoms with E-state index in [4.69, 9.17) is 0 Å². The van der Waals surface area contributed by atoms with Gasteiger partial charge in [-0.1, -0.05) is 12.1 Å². The van der Waals surface area contributed by atoms with Gasteiger partial charge in [-0.05, 0) is 43.9 Å². The summed E-state index contributed by atoms with van der Waals surface area (Å²) in [5.74, 6) is -0.248. The first-order valence-corrected chi connectivity index (χ1v) is 9.47. The lowest BCUT2D eigenvalue weighted by molar-refractivity contribution is -0.127. The molecule has 0 saturated carbocycles. The first kappa shape index (κ1) is 18.9. The number of nitrogens with zero attached hydrogens (tertiary/aromatic N) is 4. The number of hydrogen-bond acceptors (Lipinski definition) is 6. The van der Waals surface area contributed by atoms with E-state index in [0.29, 0.717) is 24.4 Å².